The first-order chi connectivity index (χ1) is 14.5. The highest BCUT2D eigenvalue weighted by molar-refractivity contribution is 5.91. The van der Waals surface area contributed by atoms with Gasteiger partial charge in [0.2, 0.25) is 0 Å². The van der Waals surface area contributed by atoms with Gasteiger partial charge < -0.3 is 24.4 Å². The van der Waals surface area contributed by atoms with E-state index in [0.29, 0.717) is 25.4 Å². The van der Waals surface area contributed by atoms with Crippen LogP contribution in [0.4, 0.5) is 14.5 Å². The van der Waals surface area contributed by atoms with E-state index in [-0.39, 0.29) is 11.7 Å². The van der Waals surface area contributed by atoms with E-state index >= 15 is 0 Å². The molecule has 8 heteroatoms. The van der Waals surface area contributed by atoms with Crippen molar-refractivity contribution in [3.63, 3.8) is 0 Å². The fourth-order valence-corrected chi connectivity index (χ4v) is 3.55. The van der Waals surface area contributed by atoms with Crippen LogP contribution in [-0.2, 0) is 17.8 Å². The van der Waals surface area contributed by atoms with Gasteiger partial charge in [-0.05, 0) is 55.8 Å². The van der Waals surface area contributed by atoms with Crippen molar-refractivity contribution in [2.75, 3.05) is 31.6 Å². The maximum atomic E-state index is 12.4. The average Bonchev–Trinajstić information content (AvgIpc) is 2.70. The number of amides is 1. The largest absolute Gasteiger partial charge is 0.490 e. The lowest BCUT2D eigenvalue weighted by Crippen LogP contribution is -3.12. The predicted octanol–water partition coefficient (Wildman–Crippen LogP) is 2.67. The first-order valence-corrected chi connectivity index (χ1v) is 10.1. The maximum Gasteiger partial charge on any atom is 0.387 e. The molecular weight excluding hydrogens is 394 g/mol. The van der Waals surface area contributed by atoms with Gasteiger partial charge in [0.05, 0.1) is 19.8 Å². The first kappa shape index (κ1) is 21.8. The molecule has 0 saturated heterocycles. The molecule has 2 N–H and O–H groups in total. The number of fused-ring (bicyclic) bond motifs is 1. The van der Waals surface area contributed by atoms with Crippen LogP contribution < -0.4 is 24.4 Å². The zero-order chi connectivity index (χ0) is 21.5. The van der Waals surface area contributed by atoms with Crippen LogP contribution in [0.3, 0.4) is 0 Å². The highest BCUT2D eigenvalue weighted by Crippen LogP contribution is 2.32. The molecule has 0 aromatic heterocycles. The molecular formula is C22H27F2N2O4+. The van der Waals surface area contributed by atoms with E-state index in [9.17, 15) is 13.6 Å². The van der Waals surface area contributed by atoms with Gasteiger partial charge in [-0.2, -0.15) is 8.78 Å². The van der Waals surface area contributed by atoms with Crippen molar-refractivity contribution >= 4 is 11.6 Å². The summed E-state index contributed by atoms with van der Waals surface area (Å²) in [5.41, 5.74) is 2.92. The van der Waals surface area contributed by atoms with Gasteiger partial charge in [-0.15, -0.1) is 0 Å². The zero-order valence-electron chi connectivity index (χ0n) is 17.2. The Morgan fingerprint density at radius 1 is 1.07 bits per heavy atom. The Morgan fingerprint density at radius 3 is 2.30 bits per heavy atom. The van der Waals surface area contributed by atoms with E-state index in [4.69, 9.17) is 9.47 Å². The molecule has 2 aromatic rings. The van der Waals surface area contributed by atoms with Crippen molar-refractivity contribution in [3.05, 3.63) is 47.5 Å². The normalized spacial score (nSPS) is 15.4. The van der Waals surface area contributed by atoms with E-state index in [2.05, 4.69) is 10.1 Å². The SMILES string of the molecule is CCOc1cc2c(cc1OCC)C[NH+](CC(=O)Nc1ccc(OC(F)F)cc1)CC2. The smallest absolute Gasteiger partial charge is 0.387 e. The van der Waals surface area contributed by atoms with Crippen LogP contribution in [0.25, 0.3) is 0 Å². The summed E-state index contributed by atoms with van der Waals surface area (Å²) in [6.07, 6.45) is 0.851. The summed E-state index contributed by atoms with van der Waals surface area (Å²) < 4.78 is 40.2. The standard InChI is InChI=1S/C22H26F2N2O4/c1-3-28-19-11-15-9-10-26(13-16(15)12-20(19)29-4-2)14-21(27)25-17-5-7-18(8-6-17)30-22(23)24/h5-8,11-12,22H,3-4,9-10,13-14H2,1-2H3,(H,25,27)/p+1. The molecule has 1 atom stereocenters. The number of benzene rings is 2. The molecule has 1 aliphatic rings. The molecule has 162 valence electrons. The van der Waals surface area contributed by atoms with Crippen LogP contribution in [0.5, 0.6) is 17.2 Å². The van der Waals surface area contributed by atoms with E-state index in [1.807, 2.05) is 26.0 Å². The molecule has 3 rings (SSSR count). The van der Waals surface area contributed by atoms with Crippen LogP contribution in [0, 0.1) is 0 Å². The highest BCUT2D eigenvalue weighted by atomic mass is 19.3. The van der Waals surface area contributed by atoms with Gasteiger partial charge in [0.1, 0.15) is 12.3 Å². The molecule has 30 heavy (non-hydrogen) atoms. The van der Waals surface area contributed by atoms with Crippen LogP contribution >= 0.6 is 0 Å². The number of halogens is 2. The lowest BCUT2D eigenvalue weighted by Gasteiger charge is -2.26. The third kappa shape index (κ3) is 5.82. The number of quaternary nitrogens is 1. The molecule has 1 unspecified atom stereocenters. The monoisotopic (exact) mass is 421 g/mol. The van der Waals surface area contributed by atoms with E-state index in [1.54, 1.807) is 12.1 Å². The number of ether oxygens (including phenoxy) is 3. The fourth-order valence-electron chi connectivity index (χ4n) is 3.55. The van der Waals surface area contributed by atoms with Crippen molar-refractivity contribution in [3.8, 4) is 17.2 Å². The lowest BCUT2D eigenvalue weighted by atomic mass is 9.98. The second-order valence-corrected chi connectivity index (χ2v) is 6.99. The Bertz CT molecular complexity index is 859. The number of nitrogens with one attached hydrogen (secondary N) is 2. The third-order valence-corrected chi connectivity index (χ3v) is 4.83. The van der Waals surface area contributed by atoms with Crippen molar-refractivity contribution in [2.24, 2.45) is 0 Å². The summed E-state index contributed by atoms with van der Waals surface area (Å²) >= 11 is 0. The van der Waals surface area contributed by atoms with Crippen molar-refractivity contribution in [1.82, 2.24) is 0 Å². The number of carbonyl (C=O) groups is 1. The van der Waals surface area contributed by atoms with Gasteiger partial charge in [-0.3, -0.25) is 4.79 Å². The molecule has 0 radical (unpaired) electrons. The van der Waals surface area contributed by atoms with Crippen LogP contribution in [-0.4, -0.2) is 38.8 Å². The quantitative estimate of drug-likeness (QED) is 0.654. The van der Waals surface area contributed by atoms with Crippen molar-refractivity contribution < 1.29 is 32.7 Å². The molecule has 1 aliphatic heterocycles. The minimum atomic E-state index is -2.87. The molecule has 1 heterocycles. The highest BCUT2D eigenvalue weighted by Gasteiger charge is 2.24. The van der Waals surface area contributed by atoms with Crippen molar-refractivity contribution in [1.29, 1.82) is 0 Å². The van der Waals surface area contributed by atoms with Gasteiger partial charge in [0, 0.05) is 17.7 Å². The summed E-state index contributed by atoms with van der Waals surface area (Å²) in [5, 5.41) is 2.80. The number of hydrogen-bond acceptors (Lipinski definition) is 4. The Balaban J connectivity index is 1.60. The van der Waals surface area contributed by atoms with Gasteiger partial charge in [-0.1, -0.05) is 0 Å². The molecule has 0 bridgehead atoms. The molecule has 2 aromatic carbocycles. The topological polar surface area (TPSA) is 61.2 Å². The maximum absolute atomic E-state index is 12.4. The van der Waals surface area contributed by atoms with Gasteiger partial charge in [-0.25, -0.2) is 0 Å². The summed E-state index contributed by atoms with van der Waals surface area (Å²) in [6, 6.07) is 9.94. The van der Waals surface area contributed by atoms with Crippen molar-refractivity contribution in [2.45, 2.75) is 33.4 Å². The number of alkyl halides is 2. The summed E-state index contributed by atoms with van der Waals surface area (Å²) in [6.45, 7) is 4.00. The second-order valence-electron chi connectivity index (χ2n) is 6.99. The fraction of sp³-hybridized carbons (Fsp3) is 0.409. The Kier molecular flexibility index (Phi) is 7.46. The molecule has 1 amide bonds. The zero-order valence-corrected chi connectivity index (χ0v) is 17.2. The molecule has 0 spiro atoms. The lowest BCUT2D eigenvalue weighted by molar-refractivity contribution is -0.907. The Hall–Kier alpha value is -2.87. The molecule has 6 nitrogen and oxygen atoms in total. The Labute approximate surface area is 174 Å². The Morgan fingerprint density at radius 2 is 1.70 bits per heavy atom. The third-order valence-electron chi connectivity index (χ3n) is 4.83. The van der Waals surface area contributed by atoms with Gasteiger partial charge >= 0.3 is 6.61 Å². The van der Waals surface area contributed by atoms with Gasteiger partial charge in [0.15, 0.2) is 18.0 Å². The van der Waals surface area contributed by atoms with E-state index in [1.165, 1.54) is 17.7 Å². The molecule has 0 fully saturated rings. The first-order valence-electron chi connectivity index (χ1n) is 10.1. The van der Waals surface area contributed by atoms with Crippen LogP contribution in [0.1, 0.15) is 25.0 Å². The second kappa shape index (κ2) is 10.2. The molecule has 0 aliphatic carbocycles. The predicted molar refractivity (Wildman–Crippen MR) is 109 cm³/mol. The number of carbonyl (C=O) groups excluding carboxylic acids is 1. The summed E-state index contributed by atoms with van der Waals surface area (Å²) in [7, 11) is 0. The minimum absolute atomic E-state index is 0.0535. The van der Waals surface area contributed by atoms with Crippen LogP contribution in [0.2, 0.25) is 0 Å². The summed E-state index contributed by atoms with van der Waals surface area (Å²) in [5.74, 6) is 1.42. The number of rotatable bonds is 9. The number of hydrogen-bond donors (Lipinski definition) is 2. The van der Waals surface area contributed by atoms with E-state index in [0.717, 1.165) is 41.5 Å². The molecule has 0 saturated carbocycles. The van der Waals surface area contributed by atoms with Crippen LogP contribution in [0.15, 0.2) is 36.4 Å². The van der Waals surface area contributed by atoms with E-state index < -0.39 is 6.61 Å². The average molecular weight is 421 g/mol. The summed E-state index contributed by atoms with van der Waals surface area (Å²) in [4.78, 5) is 13.6. The minimum Gasteiger partial charge on any atom is -0.490 e. The number of anilines is 1. The van der Waals surface area contributed by atoms with Gasteiger partial charge in [0.25, 0.3) is 5.91 Å².